The normalized spacial score (nSPS) is 16.3. The highest BCUT2D eigenvalue weighted by atomic mass is 32.1. The highest BCUT2D eigenvalue weighted by Gasteiger charge is 2.30. The number of aromatic nitrogens is 1. The first kappa shape index (κ1) is 20.8. The summed E-state index contributed by atoms with van der Waals surface area (Å²) in [6, 6.07) is 18.9. The number of fused-ring (bicyclic) bond motifs is 1. The maximum Gasteiger partial charge on any atom is 0.338 e. The van der Waals surface area contributed by atoms with Gasteiger partial charge < -0.3 is 4.74 Å². The van der Waals surface area contributed by atoms with Gasteiger partial charge in [0.15, 0.2) is 4.80 Å². The fraction of sp³-hybridized carbons (Fsp3) is 0.160. The van der Waals surface area contributed by atoms with E-state index < -0.39 is 12.0 Å². The van der Waals surface area contributed by atoms with Gasteiger partial charge in [0.2, 0.25) is 0 Å². The van der Waals surface area contributed by atoms with Crippen molar-refractivity contribution in [1.29, 1.82) is 0 Å². The number of thiazole rings is 1. The van der Waals surface area contributed by atoms with E-state index in [4.69, 9.17) is 4.74 Å². The van der Waals surface area contributed by atoms with E-state index in [1.165, 1.54) is 11.3 Å². The number of esters is 1. The van der Waals surface area contributed by atoms with Crippen LogP contribution < -0.4 is 14.9 Å². The monoisotopic (exact) mass is 430 g/mol. The third-order valence-electron chi connectivity index (χ3n) is 4.93. The number of ether oxygens (including phenoxy) is 1. The highest BCUT2D eigenvalue weighted by molar-refractivity contribution is 7.07. The van der Waals surface area contributed by atoms with Gasteiger partial charge in [-0.15, -0.1) is 0 Å². The van der Waals surface area contributed by atoms with Crippen LogP contribution in [0.1, 0.15) is 31.0 Å². The minimum Gasteiger partial charge on any atom is -0.463 e. The second-order valence-corrected chi connectivity index (χ2v) is 8.03. The molecule has 1 aliphatic rings. The lowest BCUT2D eigenvalue weighted by Gasteiger charge is -2.21. The zero-order valence-corrected chi connectivity index (χ0v) is 18.1. The summed E-state index contributed by atoms with van der Waals surface area (Å²) < 4.78 is 7.43. The van der Waals surface area contributed by atoms with E-state index >= 15 is 0 Å². The van der Waals surface area contributed by atoms with Crippen LogP contribution in [0.3, 0.4) is 0 Å². The van der Waals surface area contributed by atoms with E-state index in [9.17, 15) is 9.59 Å². The van der Waals surface area contributed by atoms with Gasteiger partial charge in [-0.05, 0) is 31.1 Å². The molecule has 6 heteroatoms. The summed E-state index contributed by atoms with van der Waals surface area (Å²) in [5.74, 6) is -0.455. The Hall–Kier alpha value is -3.51. The molecule has 0 aliphatic carbocycles. The van der Waals surface area contributed by atoms with Crippen molar-refractivity contribution in [3.05, 3.63) is 109 Å². The van der Waals surface area contributed by atoms with Crippen molar-refractivity contribution in [3.63, 3.8) is 0 Å². The predicted molar refractivity (Wildman–Crippen MR) is 123 cm³/mol. The van der Waals surface area contributed by atoms with E-state index in [1.54, 1.807) is 18.4 Å². The van der Waals surface area contributed by atoms with Crippen LogP contribution in [0.15, 0.2) is 87.8 Å². The zero-order chi connectivity index (χ0) is 21.8. The molecule has 5 nitrogen and oxygen atoms in total. The minimum atomic E-state index is -0.589. The van der Waals surface area contributed by atoms with Gasteiger partial charge in [-0.3, -0.25) is 9.36 Å². The minimum absolute atomic E-state index is 0.176. The van der Waals surface area contributed by atoms with Gasteiger partial charge in [0, 0.05) is 0 Å². The number of rotatable bonds is 5. The summed E-state index contributed by atoms with van der Waals surface area (Å²) >= 11 is 1.32. The van der Waals surface area contributed by atoms with Gasteiger partial charge in [0.05, 0.1) is 28.5 Å². The van der Waals surface area contributed by atoms with Crippen LogP contribution in [0, 0.1) is 0 Å². The first-order chi connectivity index (χ1) is 15.1. The quantitative estimate of drug-likeness (QED) is 0.583. The number of hydrogen-bond acceptors (Lipinski definition) is 5. The number of hydrogen-bond donors (Lipinski definition) is 0. The van der Waals surface area contributed by atoms with Crippen LogP contribution in [0.4, 0.5) is 0 Å². The Kier molecular flexibility index (Phi) is 6.09. The van der Waals surface area contributed by atoms with Crippen molar-refractivity contribution < 1.29 is 9.53 Å². The Morgan fingerprint density at radius 2 is 1.74 bits per heavy atom. The zero-order valence-electron chi connectivity index (χ0n) is 17.3. The Labute approximate surface area is 184 Å². The lowest BCUT2D eigenvalue weighted by molar-refractivity contribution is -0.139. The van der Waals surface area contributed by atoms with E-state index in [0.29, 0.717) is 20.6 Å². The SMILES string of the molecule is CCOC(=O)C1=C(C)N=c2s/c(=C/c3ccccc3)c(=O)n2C1/C=C/c1ccccc1. The van der Waals surface area contributed by atoms with Crippen molar-refractivity contribution >= 4 is 29.5 Å². The van der Waals surface area contributed by atoms with Gasteiger partial charge in [-0.2, -0.15) is 0 Å². The van der Waals surface area contributed by atoms with Crippen molar-refractivity contribution in [3.8, 4) is 0 Å². The van der Waals surface area contributed by atoms with Crippen LogP contribution in [-0.4, -0.2) is 17.1 Å². The van der Waals surface area contributed by atoms with Crippen LogP contribution in [0.25, 0.3) is 12.2 Å². The first-order valence-electron chi connectivity index (χ1n) is 10.1. The fourth-order valence-electron chi connectivity index (χ4n) is 3.48. The van der Waals surface area contributed by atoms with Crippen molar-refractivity contribution in [2.24, 2.45) is 4.99 Å². The number of nitrogens with zero attached hydrogens (tertiary/aromatic N) is 2. The van der Waals surface area contributed by atoms with Gasteiger partial charge in [0.25, 0.3) is 5.56 Å². The average molecular weight is 431 g/mol. The molecule has 31 heavy (non-hydrogen) atoms. The second kappa shape index (κ2) is 9.10. The molecule has 0 bridgehead atoms. The summed E-state index contributed by atoms with van der Waals surface area (Å²) in [7, 11) is 0. The van der Waals surface area contributed by atoms with E-state index in [0.717, 1.165) is 11.1 Å². The molecule has 2 aromatic carbocycles. The number of carbonyl (C=O) groups is 1. The molecule has 0 spiro atoms. The molecule has 1 aliphatic heterocycles. The second-order valence-electron chi connectivity index (χ2n) is 7.03. The molecule has 1 aromatic heterocycles. The van der Waals surface area contributed by atoms with E-state index in [1.807, 2.05) is 78.9 Å². The molecule has 3 aromatic rings. The standard InChI is InChI=1S/C25H22N2O3S/c1-3-30-24(29)22-17(2)26-25-27(20(22)15-14-18-10-6-4-7-11-18)23(28)21(31-25)16-19-12-8-5-9-13-19/h4-16,20H,3H2,1-2H3/b15-14+,21-16+. The smallest absolute Gasteiger partial charge is 0.338 e. The van der Waals surface area contributed by atoms with Gasteiger partial charge in [0.1, 0.15) is 0 Å². The number of allylic oxidation sites excluding steroid dienone is 2. The fourth-order valence-corrected chi connectivity index (χ4v) is 4.54. The molecule has 0 radical (unpaired) electrons. The molecule has 1 atom stereocenters. The summed E-state index contributed by atoms with van der Waals surface area (Å²) in [6.07, 6.45) is 5.63. The van der Waals surface area contributed by atoms with E-state index in [2.05, 4.69) is 4.99 Å². The Morgan fingerprint density at radius 3 is 2.39 bits per heavy atom. The third-order valence-corrected chi connectivity index (χ3v) is 5.91. The van der Waals surface area contributed by atoms with Crippen molar-refractivity contribution in [2.75, 3.05) is 6.61 Å². The highest BCUT2D eigenvalue weighted by Crippen LogP contribution is 2.26. The Bertz CT molecular complexity index is 1330. The summed E-state index contributed by atoms with van der Waals surface area (Å²) in [6.45, 7) is 3.80. The predicted octanol–water partition coefficient (Wildman–Crippen LogP) is 3.46. The maximum absolute atomic E-state index is 13.3. The molecule has 0 saturated carbocycles. The van der Waals surface area contributed by atoms with Crippen molar-refractivity contribution in [1.82, 2.24) is 4.57 Å². The van der Waals surface area contributed by atoms with E-state index in [-0.39, 0.29) is 12.2 Å². The average Bonchev–Trinajstić information content (AvgIpc) is 3.08. The van der Waals surface area contributed by atoms with Crippen LogP contribution in [0.2, 0.25) is 0 Å². The van der Waals surface area contributed by atoms with Gasteiger partial charge in [-0.25, -0.2) is 9.79 Å². The lowest BCUT2D eigenvalue weighted by Crippen LogP contribution is -2.38. The maximum atomic E-state index is 13.3. The molecular formula is C25H22N2O3S. The van der Waals surface area contributed by atoms with Gasteiger partial charge >= 0.3 is 5.97 Å². The molecule has 0 fully saturated rings. The summed E-state index contributed by atoms with van der Waals surface area (Å²) in [5, 5.41) is 0. The molecule has 0 N–H and O–H groups in total. The van der Waals surface area contributed by atoms with Crippen LogP contribution in [-0.2, 0) is 9.53 Å². The molecule has 4 rings (SSSR count). The molecule has 1 unspecified atom stereocenters. The molecule has 0 saturated heterocycles. The Morgan fingerprint density at radius 1 is 1.10 bits per heavy atom. The summed E-state index contributed by atoms with van der Waals surface area (Å²) in [4.78, 5) is 31.2. The number of benzene rings is 2. The molecule has 2 heterocycles. The topological polar surface area (TPSA) is 60.7 Å². The lowest BCUT2D eigenvalue weighted by atomic mass is 10.0. The van der Waals surface area contributed by atoms with Crippen LogP contribution in [0.5, 0.6) is 0 Å². The molecule has 0 amide bonds. The van der Waals surface area contributed by atoms with Gasteiger partial charge in [-0.1, -0.05) is 84.2 Å². The third kappa shape index (κ3) is 4.34. The van der Waals surface area contributed by atoms with Crippen LogP contribution >= 0.6 is 11.3 Å². The first-order valence-corrected chi connectivity index (χ1v) is 10.9. The summed E-state index contributed by atoms with van der Waals surface area (Å²) in [5.41, 5.74) is 2.68. The molecule has 156 valence electrons. The number of carbonyl (C=O) groups excluding carboxylic acids is 1. The molecular weight excluding hydrogens is 408 g/mol. The largest absolute Gasteiger partial charge is 0.463 e. The Balaban J connectivity index is 1.88. The van der Waals surface area contributed by atoms with Crippen molar-refractivity contribution in [2.45, 2.75) is 19.9 Å².